The van der Waals surface area contributed by atoms with Crippen LogP contribution in [0.4, 0.5) is 0 Å². The molecule has 0 aromatic rings. The van der Waals surface area contributed by atoms with Crippen LogP contribution in [-0.2, 0) is 9.47 Å². The first-order valence-electron chi connectivity index (χ1n) is 5.89. The molecule has 2 unspecified atom stereocenters. The van der Waals surface area contributed by atoms with Crippen LogP contribution in [0.5, 0.6) is 0 Å². The third kappa shape index (κ3) is 3.63. The number of nitrogens with two attached hydrogens (primary N) is 1. The van der Waals surface area contributed by atoms with Gasteiger partial charge in [-0.3, -0.25) is 0 Å². The summed E-state index contributed by atoms with van der Waals surface area (Å²) in [5.74, 6) is 1.68. The third-order valence-corrected chi connectivity index (χ3v) is 4.78. The number of thioether (sulfide) groups is 1. The van der Waals surface area contributed by atoms with Gasteiger partial charge in [0.05, 0.1) is 6.61 Å². The number of ether oxygens (including phenoxy) is 2. The molecule has 2 heterocycles. The Bertz CT molecular complexity index is 179. The molecular formula is C11H21NO2S. The fraction of sp³-hybridized carbons (Fsp3) is 1.00. The molecule has 3 nitrogen and oxygen atoms in total. The first-order chi connectivity index (χ1) is 7.36. The van der Waals surface area contributed by atoms with Crippen LogP contribution in [0.15, 0.2) is 0 Å². The van der Waals surface area contributed by atoms with Crippen molar-refractivity contribution in [2.45, 2.75) is 30.6 Å². The van der Waals surface area contributed by atoms with E-state index in [2.05, 4.69) is 0 Å². The molecule has 0 aliphatic carbocycles. The average molecular weight is 231 g/mol. The van der Waals surface area contributed by atoms with Crippen molar-refractivity contribution in [1.29, 1.82) is 0 Å². The molecule has 0 amide bonds. The number of hydrogen-bond donors (Lipinski definition) is 1. The monoisotopic (exact) mass is 231 g/mol. The molecular weight excluding hydrogens is 210 g/mol. The van der Waals surface area contributed by atoms with E-state index in [0.717, 1.165) is 43.9 Å². The molecule has 0 spiro atoms. The zero-order valence-corrected chi connectivity index (χ0v) is 10.0. The Balaban J connectivity index is 1.63. The zero-order valence-electron chi connectivity index (χ0n) is 9.19. The van der Waals surface area contributed by atoms with Gasteiger partial charge in [-0.1, -0.05) is 0 Å². The van der Waals surface area contributed by atoms with Gasteiger partial charge in [0.2, 0.25) is 0 Å². The van der Waals surface area contributed by atoms with Gasteiger partial charge < -0.3 is 15.2 Å². The van der Waals surface area contributed by atoms with Crippen molar-refractivity contribution < 1.29 is 9.47 Å². The summed E-state index contributed by atoms with van der Waals surface area (Å²) in [6, 6.07) is 0.320. The Morgan fingerprint density at radius 2 is 1.87 bits per heavy atom. The highest BCUT2D eigenvalue weighted by Gasteiger charge is 2.24. The van der Waals surface area contributed by atoms with Gasteiger partial charge in [0.15, 0.2) is 0 Å². The lowest BCUT2D eigenvalue weighted by atomic mass is 10.0. The highest BCUT2D eigenvalue weighted by atomic mass is 32.2. The second-order valence-corrected chi connectivity index (χ2v) is 5.77. The maximum atomic E-state index is 6.16. The molecule has 2 aliphatic rings. The van der Waals surface area contributed by atoms with Crippen molar-refractivity contribution in [2.75, 3.05) is 32.2 Å². The summed E-state index contributed by atoms with van der Waals surface area (Å²) >= 11 is 2.03. The lowest BCUT2D eigenvalue weighted by Gasteiger charge is -2.24. The van der Waals surface area contributed by atoms with Crippen LogP contribution in [0.3, 0.4) is 0 Å². The van der Waals surface area contributed by atoms with E-state index in [1.54, 1.807) is 0 Å². The van der Waals surface area contributed by atoms with Crippen molar-refractivity contribution >= 4 is 11.8 Å². The summed E-state index contributed by atoms with van der Waals surface area (Å²) in [5.41, 5.74) is 6.16. The van der Waals surface area contributed by atoms with Crippen LogP contribution in [-0.4, -0.2) is 43.5 Å². The van der Waals surface area contributed by atoms with Gasteiger partial charge in [-0.05, 0) is 19.3 Å². The van der Waals surface area contributed by atoms with E-state index in [-0.39, 0.29) is 0 Å². The third-order valence-electron chi connectivity index (χ3n) is 3.26. The van der Waals surface area contributed by atoms with E-state index in [9.17, 15) is 0 Å². The van der Waals surface area contributed by atoms with Crippen LogP contribution >= 0.6 is 11.8 Å². The lowest BCUT2D eigenvalue weighted by molar-refractivity contribution is 0.1000. The molecule has 88 valence electrons. The number of rotatable bonds is 4. The minimum absolute atomic E-state index is 0.320. The molecule has 0 aromatic carbocycles. The van der Waals surface area contributed by atoms with Crippen LogP contribution in [0.25, 0.3) is 0 Å². The van der Waals surface area contributed by atoms with Crippen LogP contribution in [0.1, 0.15) is 19.3 Å². The van der Waals surface area contributed by atoms with Crippen molar-refractivity contribution in [3.8, 4) is 0 Å². The van der Waals surface area contributed by atoms with Gasteiger partial charge in [0.1, 0.15) is 0 Å². The molecule has 2 fully saturated rings. The van der Waals surface area contributed by atoms with E-state index in [4.69, 9.17) is 15.2 Å². The summed E-state index contributed by atoms with van der Waals surface area (Å²) in [4.78, 5) is 0. The van der Waals surface area contributed by atoms with E-state index < -0.39 is 0 Å². The molecule has 0 radical (unpaired) electrons. The van der Waals surface area contributed by atoms with Gasteiger partial charge in [-0.25, -0.2) is 0 Å². The Morgan fingerprint density at radius 1 is 1.13 bits per heavy atom. The van der Waals surface area contributed by atoms with Crippen LogP contribution < -0.4 is 5.73 Å². The Morgan fingerprint density at radius 3 is 2.53 bits per heavy atom. The second-order valence-electron chi connectivity index (χ2n) is 4.43. The minimum atomic E-state index is 0.320. The predicted octanol–water partition coefficient (Wildman–Crippen LogP) is 1.26. The molecule has 2 rings (SSSR count). The second kappa shape index (κ2) is 6.09. The smallest absolute Gasteiger partial charge is 0.0510 e. The lowest BCUT2D eigenvalue weighted by Crippen LogP contribution is -2.34. The van der Waals surface area contributed by atoms with Crippen molar-refractivity contribution in [3.05, 3.63) is 0 Å². The topological polar surface area (TPSA) is 44.5 Å². The quantitative estimate of drug-likeness (QED) is 0.791. The van der Waals surface area contributed by atoms with Gasteiger partial charge in [-0.2, -0.15) is 11.8 Å². The molecule has 15 heavy (non-hydrogen) atoms. The minimum Gasteiger partial charge on any atom is -0.381 e. The summed E-state index contributed by atoms with van der Waals surface area (Å²) in [5, 5.41) is 0.770. The van der Waals surface area contributed by atoms with Crippen molar-refractivity contribution in [3.63, 3.8) is 0 Å². The summed E-state index contributed by atoms with van der Waals surface area (Å²) in [7, 11) is 0. The normalized spacial score (nSPS) is 30.6. The largest absolute Gasteiger partial charge is 0.381 e. The van der Waals surface area contributed by atoms with E-state index in [1.807, 2.05) is 11.8 Å². The van der Waals surface area contributed by atoms with Gasteiger partial charge in [0, 0.05) is 42.8 Å². The predicted molar refractivity (Wildman–Crippen MR) is 63.2 cm³/mol. The fourth-order valence-electron chi connectivity index (χ4n) is 2.12. The van der Waals surface area contributed by atoms with E-state index >= 15 is 0 Å². The average Bonchev–Trinajstić information content (AvgIpc) is 2.81. The Hall–Kier alpha value is 0.230. The van der Waals surface area contributed by atoms with E-state index in [1.165, 1.54) is 12.8 Å². The summed E-state index contributed by atoms with van der Waals surface area (Å²) in [6.45, 7) is 3.63. The highest BCUT2D eigenvalue weighted by Crippen LogP contribution is 2.25. The van der Waals surface area contributed by atoms with E-state index in [0.29, 0.717) is 12.0 Å². The molecule has 2 N–H and O–H groups in total. The highest BCUT2D eigenvalue weighted by molar-refractivity contribution is 7.99. The van der Waals surface area contributed by atoms with Crippen molar-refractivity contribution in [2.24, 2.45) is 11.7 Å². The summed E-state index contributed by atoms with van der Waals surface area (Å²) in [6.07, 6.45) is 3.53. The molecule has 4 heteroatoms. The number of hydrogen-bond acceptors (Lipinski definition) is 4. The maximum absolute atomic E-state index is 6.16. The first-order valence-corrected chi connectivity index (χ1v) is 6.94. The molecule has 0 saturated carbocycles. The standard InChI is InChI=1S/C11H21NO2S/c12-11(9-1-4-14-7-9)8-15-10-2-5-13-6-3-10/h9-11H,1-8,12H2. The molecule has 2 aliphatic heterocycles. The first kappa shape index (κ1) is 11.7. The maximum Gasteiger partial charge on any atom is 0.0510 e. The zero-order chi connectivity index (χ0) is 10.5. The Labute approximate surface area is 96.1 Å². The van der Waals surface area contributed by atoms with Gasteiger partial charge >= 0.3 is 0 Å². The van der Waals surface area contributed by atoms with Gasteiger partial charge in [0.25, 0.3) is 0 Å². The molecule has 2 atom stereocenters. The molecule has 0 bridgehead atoms. The molecule has 2 saturated heterocycles. The molecule has 0 aromatic heterocycles. The Kier molecular flexibility index (Phi) is 4.75. The summed E-state index contributed by atoms with van der Waals surface area (Å²) < 4.78 is 10.7. The fourth-order valence-corrected chi connectivity index (χ4v) is 3.41. The van der Waals surface area contributed by atoms with Crippen LogP contribution in [0, 0.1) is 5.92 Å². The van der Waals surface area contributed by atoms with Gasteiger partial charge in [-0.15, -0.1) is 0 Å². The van der Waals surface area contributed by atoms with Crippen LogP contribution in [0.2, 0.25) is 0 Å². The van der Waals surface area contributed by atoms with Crippen molar-refractivity contribution in [1.82, 2.24) is 0 Å². The SMILES string of the molecule is NC(CSC1CCOCC1)C1CCOC1.